The summed E-state index contributed by atoms with van der Waals surface area (Å²) in [6.07, 6.45) is 7.05. The van der Waals surface area contributed by atoms with Crippen LogP contribution in [0.25, 0.3) is 79.4 Å². The summed E-state index contributed by atoms with van der Waals surface area (Å²) in [5.41, 5.74) is 8.69. The van der Waals surface area contributed by atoms with E-state index in [0.29, 0.717) is 127 Å². The Labute approximate surface area is 538 Å². The van der Waals surface area contributed by atoms with Gasteiger partial charge in [-0.15, -0.1) is 0 Å². The molecule has 0 aliphatic heterocycles. The Morgan fingerprint density at radius 3 is 1.35 bits per heavy atom. The summed E-state index contributed by atoms with van der Waals surface area (Å²) in [4.78, 5) is 30.3. The molecule has 23 nitrogen and oxygen atoms in total. The molecule has 10 rings (SSSR count). The molecule has 0 aliphatic rings. The minimum atomic E-state index is -0.0951. The predicted molar refractivity (Wildman–Crippen MR) is 355 cm³/mol. The lowest BCUT2D eigenvalue weighted by atomic mass is 10.1. The number of hydrogen-bond donors (Lipinski definition) is 4. The lowest BCUT2D eigenvalue weighted by Crippen LogP contribution is -2.31. The molecule has 0 atom stereocenters. The Hall–Kier alpha value is -9.26. The minimum absolute atomic E-state index is 0.0951. The van der Waals surface area contributed by atoms with Gasteiger partial charge in [0, 0.05) is 108 Å². The van der Waals surface area contributed by atoms with Crippen LogP contribution in [0.2, 0.25) is 0 Å². The molecule has 0 saturated carbocycles. The van der Waals surface area contributed by atoms with Crippen LogP contribution in [-0.2, 0) is 19.7 Å². The van der Waals surface area contributed by atoms with Gasteiger partial charge in [-0.2, -0.15) is 15.0 Å². The summed E-state index contributed by atoms with van der Waals surface area (Å²) in [5, 5.41) is 29.8. The molecule has 23 heteroatoms. The van der Waals surface area contributed by atoms with Gasteiger partial charge in [-0.1, -0.05) is 43.2 Å². The average Bonchev–Trinajstić information content (AvgIpc) is 1.79. The van der Waals surface area contributed by atoms with Crippen LogP contribution in [-0.4, -0.2) is 152 Å². The van der Waals surface area contributed by atoms with E-state index in [0.717, 1.165) is 103 Å². The molecule has 488 valence electrons. The number of pyridine rings is 2. The fourth-order valence-corrected chi connectivity index (χ4v) is 9.79. The number of nitrogens with one attached hydrogen (secondary N) is 3. The number of likely N-dealkylation sites (N-methyl/N-ethyl adjacent to an activating group) is 2. The highest BCUT2D eigenvalue weighted by Crippen LogP contribution is 2.36. The van der Waals surface area contributed by atoms with Gasteiger partial charge in [0.05, 0.1) is 51.9 Å². The maximum Gasteiger partial charge on any atom is 0.258 e. The Balaban J connectivity index is 0.000000180. The SMILES string of the molecule is CCOc1ccc(-c2nc(-c3ccc4[nH]cc(CNCCN(CC)CC)c4c3)no2)cc1OCC.CCOc1ccc(-c2nc(-c3ccnc(CNCCN(CC)CC)c3)no2)cc1OCC.CCOc1ccc(-c2nc(-c3cncc(CO)c3)no2)cc1OCC. The molecule has 0 spiro atoms. The molecule has 92 heavy (non-hydrogen) atoms. The van der Waals surface area contributed by atoms with Crippen LogP contribution < -0.4 is 39.1 Å². The second kappa shape index (κ2) is 36.0. The number of hydrogen-bond acceptors (Lipinski definition) is 22. The smallest absolute Gasteiger partial charge is 0.258 e. The van der Waals surface area contributed by atoms with Crippen LogP contribution in [0.4, 0.5) is 0 Å². The van der Waals surface area contributed by atoms with E-state index in [1.54, 1.807) is 24.7 Å². The number of nitrogens with zero attached hydrogens (tertiary/aromatic N) is 10. The van der Waals surface area contributed by atoms with Gasteiger partial charge in [-0.05, 0) is 170 Å². The quantitative estimate of drug-likeness (QED) is 0.0279. The zero-order valence-electron chi connectivity index (χ0n) is 54.6. The van der Waals surface area contributed by atoms with Crippen molar-refractivity contribution in [2.45, 2.75) is 88.9 Å². The number of aromatic nitrogens is 9. The van der Waals surface area contributed by atoms with E-state index in [1.807, 2.05) is 114 Å². The second-order valence-electron chi connectivity index (χ2n) is 20.6. The molecule has 6 heterocycles. The van der Waals surface area contributed by atoms with E-state index in [-0.39, 0.29) is 6.61 Å². The molecule has 0 amide bonds. The molecular weight excluding hydrogens is 1170 g/mol. The minimum Gasteiger partial charge on any atom is -0.490 e. The van der Waals surface area contributed by atoms with Crippen LogP contribution in [0.1, 0.15) is 86.1 Å². The van der Waals surface area contributed by atoms with Gasteiger partial charge in [0.1, 0.15) is 0 Å². The van der Waals surface area contributed by atoms with Crippen molar-refractivity contribution in [1.29, 1.82) is 0 Å². The first-order valence-corrected chi connectivity index (χ1v) is 31.8. The van der Waals surface area contributed by atoms with Crippen LogP contribution in [0.15, 0.2) is 129 Å². The fraction of sp³-hybridized carbons (Fsp3) is 0.391. The van der Waals surface area contributed by atoms with Crippen LogP contribution >= 0.6 is 0 Å². The highest BCUT2D eigenvalue weighted by atomic mass is 16.5. The third-order valence-electron chi connectivity index (χ3n) is 14.6. The highest BCUT2D eigenvalue weighted by molar-refractivity contribution is 5.87. The molecular formula is C69H87N13O10. The van der Waals surface area contributed by atoms with Gasteiger partial charge < -0.3 is 72.5 Å². The van der Waals surface area contributed by atoms with Gasteiger partial charge in [0.15, 0.2) is 34.5 Å². The molecule has 0 saturated heterocycles. The van der Waals surface area contributed by atoms with Crippen LogP contribution in [0.5, 0.6) is 34.5 Å². The summed E-state index contributed by atoms with van der Waals surface area (Å²) in [6, 6.07) is 28.6. The summed E-state index contributed by atoms with van der Waals surface area (Å²) >= 11 is 0. The number of ether oxygens (including phenoxy) is 6. The van der Waals surface area contributed by atoms with E-state index in [9.17, 15) is 5.11 Å². The predicted octanol–water partition coefficient (Wildman–Crippen LogP) is 12.2. The van der Waals surface area contributed by atoms with Crippen LogP contribution in [0, 0.1) is 0 Å². The number of benzene rings is 4. The molecule has 0 unspecified atom stereocenters. The molecule has 6 aromatic heterocycles. The van der Waals surface area contributed by atoms with Crippen molar-refractivity contribution in [3.05, 3.63) is 133 Å². The van der Waals surface area contributed by atoms with Crippen molar-refractivity contribution < 1.29 is 47.1 Å². The zero-order valence-corrected chi connectivity index (χ0v) is 54.6. The number of fused-ring (bicyclic) bond motifs is 1. The molecule has 0 aliphatic carbocycles. The van der Waals surface area contributed by atoms with Gasteiger partial charge in [0.25, 0.3) is 17.7 Å². The number of H-pyrrole nitrogens is 1. The van der Waals surface area contributed by atoms with Crippen molar-refractivity contribution >= 4 is 10.9 Å². The van der Waals surface area contributed by atoms with Gasteiger partial charge in [0.2, 0.25) is 17.5 Å². The average molecular weight is 1260 g/mol. The number of aliphatic hydroxyl groups excluding tert-OH is 1. The number of aliphatic hydroxyl groups is 1. The number of rotatable bonds is 33. The third-order valence-corrected chi connectivity index (χ3v) is 14.6. The molecule has 4 N–H and O–H groups in total. The number of aromatic amines is 1. The van der Waals surface area contributed by atoms with Gasteiger partial charge in [-0.25, -0.2) is 0 Å². The topological polar surface area (TPSA) is 264 Å². The summed E-state index contributed by atoms with van der Waals surface area (Å²) in [7, 11) is 0. The van der Waals surface area contributed by atoms with E-state index < -0.39 is 0 Å². The van der Waals surface area contributed by atoms with Gasteiger partial charge in [-0.3, -0.25) is 9.97 Å². The van der Waals surface area contributed by atoms with Crippen molar-refractivity contribution in [1.82, 2.24) is 65.8 Å². The summed E-state index contributed by atoms with van der Waals surface area (Å²) < 4.78 is 50.4. The summed E-state index contributed by atoms with van der Waals surface area (Å²) in [5.74, 6) is 6.76. The zero-order chi connectivity index (χ0) is 65.0. The second-order valence-corrected chi connectivity index (χ2v) is 20.6. The van der Waals surface area contributed by atoms with E-state index >= 15 is 0 Å². The largest absolute Gasteiger partial charge is 0.490 e. The first kappa shape index (κ1) is 68.6. The van der Waals surface area contributed by atoms with Crippen molar-refractivity contribution in [3.8, 4) is 103 Å². The first-order valence-electron chi connectivity index (χ1n) is 31.8. The maximum absolute atomic E-state index is 9.21. The molecule has 4 aromatic carbocycles. The highest BCUT2D eigenvalue weighted by Gasteiger charge is 2.19. The van der Waals surface area contributed by atoms with E-state index in [1.165, 1.54) is 5.56 Å². The van der Waals surface area contributed by atoms with E-state index in [2.05, 4.69) is 112 Å². The lowest BCUT2D eigenvalue weighted by Gasteiger charge is -2.17. The van der Waals surface area contributed by atoms with Crippen molar-refractivity contribution in [2.24, 2.45) is 0 Å². The Kier molecular flexibility index (Phi) is 26.8. The Morgan fingerprint density at radius 2 is 0.891 bits per heavy atom. The monoisotopic (exact) mass is 1260 g/mol. The summed E-state index contributed by atoms with van der Waals surface area (Å²) in [6.45, 7) is 33.3. The van der Waals surface area contributed by atoms with Gasteiger partial charge >= 0.3 is 0 Å². The fourth-order valence-electron chi connectivity index (χ4n) is 9.79. The first-order chi connectivity index (χ1) is 45.1. The normalized spacial score (nSPS) is 11.1. The molecule has 10 aromatic rings. The van der Waals surface area contributed by atoms with E-state index in [4.69, 9.17) is 42.0 Å². The standard InChI is InChI=1S/C27H35N5O3.C24H33N5O3.C18H19N3O4/c1-5-32(6-2)14-13-28-17-21-18-29-23-11-9-19(15-22(21)23)26-30-27(35-31-26)20-10-12-24(33-7-3)25(16-20)34-8-4;1-5-29(6-2)14-13-25-17-20-15-18(11-12-26-20)23-27-24(32-28-23)19-9-10-21(30-7-3)22(16-19)31-8-4;1-3-23-15-6-5-13(8-16(15)24-4-2)18-20-17(21-25-18)14-7-12(11-22)9-19-10-14/h9-12,15-16,18,28-29H,5-8,13-14,17H2,1-4H3;9-12,15-16,25H,5-8,13-14,17H2,1-4H3;5-10,22H,3-4,11H2,1-2H3. The molecule has 0 bridgehead atoms. The van der Waals surface area contributed by atoms with Crippen molar-refractivity contribution in [2.75, 3.05) is 92.0 Å². The van der Waals surface area contributed by atoms with Crippen molar-refractivity contribution in [3.63, 3.8) is 0 Å². The molecule has 0 fully saturated rings. The Morgan fingerprint density at radius 1 is 0.457 bits per heavy atom. The molecule has 0 radical (unpaired) electrons. The Bertz CT molecular complexity index is 3820. The third kappa shape index (κ3) is 18.9. The van der Waals surface area contributed by atoms with Crippen LogP contribution in [0.3, 0.4) is 0 Å². The maximum atomic E-state index is 9.21. The lowest BCUT2D eigenvalue weighted by molar-refractivity contribution is 0.281.